The van der Waals surface area contributed by atoms with Crippen molar-refractivity contribution in [2.75, 3.05) is 23.4 Å². The van der Waals surface area contributed by atoms with E-state index in [9.17, 15) is 14.0 Å². The molecule has 2 aromatic rings. The largest absolute Gasteiger partial charge is 0.477 e. The van der Waals surface area contributed by atoms with Crippen LogP contribution in [0, 0.1) is 11.8 Å². The van der Waals surface area contributed by atoms with Crippen molar-refractivity contribution < 1.29 is 18.7 Å². The number of nitrogens with zero attached hydrogens (tertiary/aromatic N) is 3. The maximum absolute atomic E-state index is 13.5. The van der Waals surface area contributed by atoms with Crippen LogP contribution < -0.4 is 26.0 Å². The molecule has 0 spiro atoms. The van der Waals surface area contributed by atoms with Crippen LogP contribution in [0.3, 0.4) is 0 Å². The Labute approximate surface area is 218 Å². The quantitative estimate of drug-likeness (QED) is 0.424. The number of carbonyl (C=O) groups is 2. The molecule has 2 amide bonds. The Balaban J connectivity index is 1.44. The number of aromatic nitrogens is 2. The summed E-state index contributed by atoms with van der Waals surface area (Å²) >= 11 is 6.85. The lowest BCUT2D eigenvalue weighted by Crippen LogP contribution is -2.47. The van der Waals surface area contributed by atoms with Crippen LogP contribution in [-0.4, -0.2) is 52.1 Å². The number of thiophene rings is 1. The Kier molecular flexibility index (Phi) is 6.90. The lowest BCUT2D eigenvalue weighted by Gasteiger charge is -2.34. The predicted octanol–water partition coefficient (Wildman–Crippen LogP) is 2.92. The molecule has 3 aliphatic carbocycles. The summed E-state index contributed by atoms with van der Waals surface area (Å²) in [7, 11) is 1.81. The molecule has 2 heterocycles. The van der Waals surface area contributed by atoms with Crippen molar-refractivity contribution in [2.45, 2.75) is 57.7 Å². The third-order valence-corrected chi connectivity index (χ3v) is 8.37. The first-order valence-corrected chi connectivity index (χ1v) is 13.6. The third kappa shape index (κ3) is 5.06. The molecule has 194 valence electrons. The summed E-state index contributed by atoms with van der Waals surface area (Å²) in [5, 5.41) is 11.0. The van der Waals surface area contributed by atoms with Gasteiger partial charge in [-0.05, 0) is 69.1 Å². The number of nitrogens with one attached hydrogen (secondary N) is 2. The molecule has 2 saturated carbocycles. The second-order valence-corrected chi connectivity index (χ2v) is 11.2. The van der Waals surface area contributed by atoms with E-state index in [1.807, 2.05) is 24.9 Å². The van der Waals surface area contributed by atoms with Gasteiger partial charge in [0.1, 0.15) is 17.0 Å². The summed E-state index contributed by atoms with van der Waals surface area (Å²) in [6.45, 7) is 2.99. The molecule has 2 aromatic heterocycles. The third-order valence-electron chi connectivity index (χ3n) is 6.97. The number of amides is 2. The molecule has 3 atom stereocenters. The average Bonchev–Trinajstić information content (AvgIpc) is 3.73. The first-order chi connectivity index (χ1) is 17.3. The van der Waals surface area contributed by atoms with Gasteiger partial charge in [0.25, 0.3) is 5.91 Å². The Morgan fingerprint density at radius 1 is 1.39 bits per heavy atom. The molecule has 9 nitrogen and oxygen atoms in total. The van der Waals surface area contributed by atoms with Crippen molar-refractivity contribution in [2.24, 2.45) is 24.6 Å². The smallest absolute Gasteiger partial charge is 0.254 e. The van der Waals surface area contributed by atoms with Gasteiger partial charge < -0.3 is 26.0 Å². The highest BCUT2D eigenvalue weighted by atomic mass is 32.1. The average molecular weight is 535 g/mol. The second kappa shape index (κ2) is 9.97. The number of alkyl halides is 1. The zero-order chi connectivity index (χ0) is 25.6. The number of nitrogens with two attached hydrogens (primary N) is 1. The fourth-order valence-corrected chi connectivity index (χ4v) is 6.24. The minimum Gasteiger partial charge on any atom is -0.477 e. The van der Waals surface area contributed by atoms with Crippen molar-refractivity contribution in [3.05, 3.63) is 22.1 Å². The normalized spacial score (nSPS) is 22.5. The van der Waals surface area contributed by atoms with Crippen LogP contribution >= 0.6 is 23.6 Å². The van der Waals surface area contributed by atoms with E-state index in [4.69, 9.17) is 22.7 Å². The zero-order valence-corrected chi connectivity index (χ0v) is 22.0. The van der Waals surface area contributed by atoms with Crippen molar-refractivity contribution in [1.29, 1.82) is 0 Å². The number of hydrogen-bond acceptors (Lipinski definition) is 6. The Bertz CT molecular complexity index is 1190. The number of ether oxygens (including phenoxy) is 1. The van der Waals surface area contributed by atoms with Crippen LogP contribution in [0.15, 0.2) is 6.07 Å². The van der Waals surface area contributed by atoms with Crippen molar-refractivity contribution in [3.8, 4) is 5.88 Å². The summed E-state index contributed by atoms with van der Waals surface area (Å²) in [4.78, 5) is 28.8. The predicted molar refractivity (Wildman–Crippen MR) is 140 cm³/mol. The van der Waals surface area contributed by atoms with Gasteiger partial charge in [-0.2, -0.15) is 0 Å². The summed E-state index contributed by atoms with van der Waals surface area (Å²) in [5.74, 6) is 0.516. The summed E-state index contributed by atoms with van der Waals surface area (Å²) < 4.78 is 20.7. The summed E-state index contributed by atoms with van der Waals surface area (Å²) in [5.41, 5.74) is 7.56. The van der Waals surface area contributed by atoms with Gasteiger partial charge in [-0.3, -0.25) is 9.59 Å². The topological polar surface area (TPSA) is 115 Å². The number of carbonyl (C=O) groups excluding carboxylic acids is 2. The van der Waals surface area contributed by atoms with Crippen LogP contribution in [0.2, 0.25) is 0 Å². The van der Waals surface area contributed by atoms with Gasteiger partial charge in [0.2, 0.25) is 11.8 Å². The van der Waals surface area contributed by atoms with Crippen LogP contribution in [-0.2, 0) is 24.7 Å². The molecule has 0 unspecified atom stereocenters. The van der Waals surface area contributed by atoms with E-state index in [0.29, 0.717) is 54.2 Å². The standard InChI is InChI=1S/C24H31FN6O3S2/c1-3-34-18-10-19(30(2)29-18)31(24(26)35)13-6-7-17-15(8-13)20(22(33)27-11-12-4-5-12)23(36-17)28-21(32)14-9-16(14)25/h10,12-14,16H,3-9,11H2,1-2H3,(H2,26,35)(H,27,33)(H,28,32)/t13-,14-,16-/m0/s1. The molecule has 0 saturated heterocycles. The highest BCUT2D eigenvalue weighted by Gasteiger charge is 2.44. The molecule has 0 radical (unpaired) electrons. The van der Waals surface area contributed by atoms with Crippen molar-refractivity contribution in [1.82, 2.24) is 15.1 Å². The molecular weight excluding hydrogens is 503 g/mol. The van der Waals surface area contributed by atoms with Gasteiger partial charge in [-0.25, -0.2) is 9.07 Å². The fourth-order valence-electron chi connectivity index (χ4n) is 4.76. The molecule has 36 heavy (non-hydrogen) atoms. The van der Waals surface area contributed by atoms with E-state index < -0.39 is 12.1 Å². The maximum Gasteiger partial charge on any atom is 0.254 e. The molecule has 2 fully saturated rings. The van der Waals surface area contributed by atoms with Crippen LogP contribution in [0.1, 0.15) is 53.4 Å². The summed E-state index contributed by atoms with van der Waals surface area (Å²) in [6.07, 6.45) is 3.35. The number of anilines is 2. The van der Waals surface area contributed by atoms with Gasteiger partial charge in [0, 0.05) is 30.6 Å². The minimum atomic E-state index is -1.10. The van der Waals surface area contributed by atoms with Crippen LogP contribution in [0.5, 0.6) is 5.88 Å². The first kappa shape index (κ1) is 24.9. The van der Waals surface area contributed by atoms with E-state index in [0.717, 1.165) is 29.7 Å². The molecule has 0 aliphatic heterocycles. The van der Waals surface area contributed by atoms with Crippen LogP contribution in [0.25, 0.3) is 0 Å². The number of thiocarbonyl (C=S) groups is 1. The zero-order valence-electron chi connectivity index (χ0n) is 20.4. The first-order valence-electron chi connectivity index (χ1n) is 12.4. The Morgan fingerprint density at radius 2 is 2.14 bits per heavy atom. The van der Waals surface area contributed by atoms with Gasteiger partial charge in [-0.15, -0.1) is 16.4 Å². The number of aryl methyl sites for hydroxylation is 2. The van der Waals surface area contributed by atoms with Gasteiger partial charge in [-0.1, -0.05) is 0 Å². The highest BCUT2D eigenvalue weighted by Crippen LogP contribution is 2.42. The monoisotopic (exact) mass is 534 g/mol. The SMILES string of the molecule is CCOc1cc(N(C(N)=S)[C@H]2CCc3sc(NC(=O)[C@H]4C[C@@H]4F)c(C(=O)NCC4CC4)c3C2)n(C)n1. The van der Waals surface area contributed by atoms with Gasteiger partial charge >= 0.3 is 0 Å². The Morgan fingerprint density at radius 3 is 2.78 bits per heavy atom. The number of hydrogen-bond donors (Lipinski definition) is 3. The van der Waals surface area contributed by atoms with Crippen LogP contribution in [0.4, 0.5) is 15.2 Å². The van der Waals surface area contributed by atoms with E-state index in [1.54, 1.807) is 4.68 Å². The lowest BCUT2D eigenvalue weighted by atomic mass is 9.90. The maximum atomic E-state index is 13.5. The molecule has 3 aliphatic rings. The molecular formula is C24H31FN6O3S2. The minimum absolute atomic E-state index is 0.105. The van der Waals surface area contributed by atoms with Gasteiger partial charge in [0.15, 0.2) is 5.11 Å². The molecule has 0 bridgehead atoms. The Hall–Kier alpha value is -2.73. The van der Waals surface area contributed by atoms with E-state index in [-0.39, 0.29) is 29.4 Å². The van der Waals surface area contributed by atoms with E-state index >= 15 is 0 Å². The molecule has 5 rings (SSSR count). The molecule has 4 N–H and O–H groups in total. The number of rotatable bonds is 9. The van der Waals surface area contributed by atoms with Crippen molar-refractivity contribution >= 4 is 51.3 Å². The van der Waals surface area contributed by atoms with Gasteiger partial charge in [0.05, 0.1) is 18.1 Å². The van der Waals surface area contributed by atoms with E-state index in [1.165, 1.54) is 11.3 Å². The summed E-state index contributed by atoms with van der Waals surface area (Å²) in [6, 6.07) is 1.70. The molecule has 0 aromatic carbocycles. The number of halogens is 1. The highest BCUT2D eigenvalue weighted by molar-refractivity contribution is 7.80. The van der Waals surface area contributed by atoms with Crippen molar-refractivity contribution in [3.63, 3.8) is 0 Å². The molecule has 12 heteroatoms. The lowest BCUT2D eigenvalue weighted by molar-refractivity contribution is -0.117. The number of fused-ring (bicyclic) bond motifs is 1. The fraction of sp³-hybridized carbons (Fsp3) is 0.583. The van der Waals surface area contributed by atoms with E-state index in [2.05, 4.69) is 15.7 Å². The second-order valence-electron chi connectivity index (χ2n) is 9.71.